The monoisotopic (exact) mass is 290 g/mol. The molecule has 0 aromatic carbocycles. The van der Waals surface area contributed by atoms with Crippen LogP contribution in [0, 0.1) is 0 Å². The van der Waals surface area contributed by atoms with Crippen molar-refractivity contribution in [3.05, 3.63) is 0 Å². The lowest BCUT2D eigenvalue weighted by molar-refractivity contribution is -0.138. The SMILES string of the molecule is C[C@@H](C(=O)NCC(=O)N1CCC[C@H]1C(N)=O)N(C)Cl. The van der Waals surface area contributed by atoms with Gasteiger partial charge in [0.25, 0.3) is 0 Å². The Balaban J connectivity index is 2.47. The highest BCUT2D eigenvalue weighted by atomic mass is 35.5. The van der Waals surface area contributed by atoms with Gasteiger partial charge in [-0.3, -0.25) is 14.4 Å². The number of nitrogens with zero attached hydrogens (tertiary/aromatic N) is 2. The second-order valence-corrected chi connectivity index (χ2v) is 5.10. The summed E-state index contributed by atoms with van der Waals surface area (Å²) in [5, 5.41) is 2.49. The largest absolute Gasteiger partial charge is 0.368 e. The molecule has 1 aliphatic rings. The fourth-order valence-electron chi connectivity index (χ4n) is 1.93. The molecule has 3 N–H and O–H groups in total. The second kappa shape index (κ2) is 6.72. The van der Waals surface area contributed by atoms with E-state index in [0.29, 0.717) is 13.0 Å². The van der Waals surface area contributed by atoms with E-state index < -0.39 is 18.0 Å². The summed E-state index contributed by atoms with van der Waals surface area (Å²) in [6.45, 7) is 1.96. The third-order valence-corrected chi connectivity index (χ3v) is 3.52. The van der Waals surface area contributed by atoms with Crippen LogP contribution in [0.2, 0.25) is 0 Å². The molecule has 1 saturated heterocycles. The summed E-state index contributed by atoms with van der Waals surface area (Å²) in [5.41, 5.74) is 5.23. The van der Waals surface area contributed by atoms with Gasteiger partial charge in [-0.2, -0.15) is 0 Å². The molecule has 19 heavy (non-hydrogen) atoms. The molecule has 8 heteroatoms. The molecule has 3 amide bonds. The maximum absolute atomic E-state index is 11.9. The summed E-state index contributed by atoms with van der Waals surface area (Å²) in [7, 11) is 1.55. The number of likely N-dealkylation sites (tertiary alicyclic amines) is 1. The molecule has 1 heterocycles. The van der Waals surface area contributed by atoms with Gasteiger partial charge in [0, 0.05) is 13.6 Å². The zero-order valence-electron chi connectivity index (χ0n) is 11.1. The van der Waals surface area contributed by atoms with Gasteiger partial charge in [-0.25, -0.2) is 4.42 Å². The number of carbonyl (C=O) groups excluding carboxylic acids is 3. The van der Waals surface area contributed by atoms with Crippen molar-refractivity contribution in [3.63, 3.8) is 0 Å². The van der Waals surface area contributed by atoms with Crippen LogP contribution < -0.4 is 11.1 Å². The Bertz CT molecular complexity index is 375. The molecule has 0 aliphatic carbocycles. The number of halogens is 1. The summed E-state index contributed by atoms with van der Waals surface area (Å²) in [5.74, 6) is -1.16. The van der Waals surface area contributed by atoms with Crippen LogP contribution >= 0.6 is 11.8 Å². The second-order valence-electron chi connectivity index (χ2n) is 4.57. The van der Waals surface area contributed by atoms with E-state index in [4.69, 9.17) is 17.5 Å². The third-order valence-electron chi connectivity index (χ3n) is 3.23. The van der Waals surface area contributed by atoms with E-state index in [1.165, 1.54) is 9.32 Å². The average Bonchev–Trinajstić information content (AvgIpc) is 2.83. The van der Waals surface area contributed by atoms with E-state index in [0.717, 1.165) is 6.42 Å². The number of amides is 3. The van der Waals surface area contributed by atoms with E-state index in [9.17, 15) is 14.4 Å². The first kappa shape index (κ1) is 15.7. The van der Waals surface area contributed by atoms with Crippen molar-refractivity contribution in [1.82, 2.24) is 14.6 Å². The predicted octanol–water partition coefficient (Wildman–Crippen LogP) is -0.947. The van der Waals surface area contributed by atoms with Gasteiger partial charge >= 0.3 is 0 Å². The normalized spacial score (nSPS) is 20.4. The molecule has 7 nitrogen and oxygen atoms in total. The van der Waals surface area contributed by atoms with Crippen molar-refractivity contribution in [1.29, 1.82) is 0 Å². The lowest BCUT2D eigenvalue weighted by atomic mass is 10.2. The molecular weight excluding hydrogens is 272 g/mol. The summed E-state index contributed by atoms with van der Waals surface area (Å²) in [6, 6.07) is -1.10. The number of carbonyl (C=O) groups is 3. The topological polar surface area (TPSA) is 95.7 Å². The molecule has 108 valence electrons. The smallest absolute Gasteiger partial charge is 0.242 e. The van der Waals surface area contributed by atoms with E-state index in [1.54, 1.807) is 14.0 Å². The van der Waals surface area contributed by atoms with Crippen LogP contribution in [0.3, 0.4) is 0 Å². The number of nitrogens with one attached hydrogen (secondary N) is 1. The van der Waals surface area contributed by atoms with E-state index in [-0.39, 0.29) is 18.4 Å². The standard InChI is InChI=1S/C11H19ClN4O3/c1-7(15(2)12)11(19)14-6-9(17)16-5-3-4-8(16)10(13)18/h7-8H,3-6H2,1-2H3,(H2,13,18)(H,14,19)/t7-,8-/m0/s1. The highest BCUT2D eigenvalue weighted by molar-refractivity contribution is 6.14. The first-order chi connectivity index (χ1) is 8.84. The van der Waals surface area contributed by atoms with Crippen LogP contribution in [0.4, 0.5) is 0 Å². The molecule has 0 aromatic rings. The Kier molecular flexibility index (Phi) is 5.56. The third kappa shape index (κ3) is 4.07. The van der Waals surface area contributed by atoms with Crippen molar-refractivity contribution < 1.29 is 14.4 Å². The highest BCUT2D eigenvalue weighted by Gasteiger charge is 2.32. The van der Waals surface area contributed by atoms with Crippen molar-refractivity contribution in [2.45, 2.75) is 31.8 Å². The van der Waals surface area contributed by atoms with Crippen LogP contribution in [0.25, 0.3) is 0 Å². The Morgan fingerprint density at radius 1 is 1.53 bits per heavy atom. The average molecular weight is 291 g/mol. The zero-order valence-corrected chi connectivity index (χ0v) is 11.8. The minimum atomic E-state index is -0.558. The number of hydrogen-bond acceptors (Lipinski definition) is 4. The maximum atomic E-state index is 11.9. The first-order valence-corrected chi connectivity index (χ1v) is 6.43. The summed E-state index contributed by atoms with van der Waals surface area (Å²) < 4.78 is 1.22. The molecule has 0 saturated carbocycles. The lowest BCUT2D eigenvalue weighted by Gasteiger charge is -2.23. The molecule has 0 bridgehead atoms. The molecule has 2 atom stereocenters. The minimum Gasteiger partial charge on any atom is -0.368 e. The lowest BCUT2D eigenvalue weighted by Crippen LogP contribution is -2.49. The van der Waals surface area contributed by atoms with Crippen molar-refractivity contribution in [2.24, 2.45) is 5.73 Å². The molecule has 0 spiro atoms. The number of hydrogen-bond donors (Lipinski definition) is 2. The molecule has 1 fully saturated rings. The highest BCUT2D eigenvalue weighted by Crippen LogP contribution is 2.16. The minimum absolute atomic E-state index is 0.155. The van der Waals surface area contributed by atoms with Gasteiger partial charge < -0.3 is 16.0 Å². The van der Waals surface area contributed by atoms with Crippen LogP contribution in [-0.4, -0.2) is 59.3 Å². The molecule has 1 rings (SSSR count). The maximum Gasteiger partial charge on any atom is 0.242 e. The van der Waals surface area contributed by atoms with Gasteiger partial charge in [0.2, 0.25) is 17.7 Å². The summed E-state index contributed by atoms with van der Waals surface area (Å²) >= 11 is 5.65. The van der Waals surface area contributed by atoms with Crippen molar-refractivity contribution in [3.8, 4) is 0 Å². The van der Waals surface area contributed by atoms with Crippen LogP contribution in [0.15, 0.2) is 0 Å². The Hall–Kier alpha value is -1.34. The van der Waals surface area contributed by atoms with Gasteiger partial charge in [-0.05, 0) is 31.5 Å². The number of likely N-dealkylation sites (N-methyl/N-ethyl adjacent to an activating group) is 1. The van der Waals surface area contributed by atoms with E-state index in [2.05, 4.69) is 5.32 Å². The number of nitrogens with two attached hydrogens (primary N) is 1. The molecule has 1 aliphatic heterocycles. The predicted molar refractivity (Wildman–Crippen MR) is 70.0 cm³/mol. The molecule has 0 unspecified atom stereocenters. The Labute approximate surface area is 117 Å². The quantitative estimate of drug-likeness (QED) is 0.638. The fourth-order valence-corrected chi connectivity index (χ4v) is 2.02. The number of rotatable bonds is 5. The summed E-state index contributed by atoms with van der Waals surface area (Å²) in [6.07, 6.45) is 1.32. The Morgan fingerprint density at radius 3 is 2.68 bits per heavy atom. The molecule has 0 radical (unpaired) electrons. The van der Waals surface area contributed by atoms with Gasteiger partial charge in [0.15, 0.2) is 0 Å². The summed E-state index contributed by atoms with van der Waals surface area (Å²) in [4.78, 5) is 36.1. The van der Waals surface area contributed by atoms with Crippen LogP contribution in [-0.2, 0) is 14.4 Å². The molecular formula is C11H19ClN4O3. The van der Waals surface area contributed by atoms with Gasteiger partial charge in [-0.1, -0.05) is 0 Å². The van der Waals surface area contributed by atoms with Crippen molar-refractivity contribution >= 4 is 29.5 Å². The van der Waals surface area contributed by atoms with Crippen molar-refractivity contribution in [2.75, 3.05) is 20.1 Å². The molecule has 0 aromatic heterocycles. The van der Waals surface area contributed by atoms with Crippen LogP contribution in [0.5, 0.6) is 0 Å². The van der Waals surface area contributed by atoms with E-state index >= 15 is 0 Å². The van der Waals surface area contributed by atoms with Gasteiger partial charge in [0.1, 0.15) is 12.1 Å². The van der Waals surface area contributed by atoms with Crippen LogP contribution in [0.1, 0.15) is 19.8 Å². The fraction of sp³-hybridized carbons (Fsp3) is 0.727. The van der Waals surface area contributed by atoms with E-state index in [1.807, 2.05) is 0 Å². The van der Waals surface area contributed by atoms with Gasteiger partial charge in [-0.15, -0.1) is 0 Å². The first-order valence-electron chi connectivity index (χ1n) is 6.09. The Morgan fingerprint density at radius 2 is 2.16 bits per heavy atom. The zero-order chi connectivity index (χ0) is 14.6. The number of primary amides is 1. The van der Waals surface area contributed by atoms with Gasteiger partial charge in [0.05, 0.1) is 6.54 Å².